The lowest BCUT2D eigenvalue weighted by atomic mass is 10.1. The predicted molar refractivity (Wildman–Crippen MR) is 134 cm³/mol. The topological polar surface area (TPSA) is 71.5 Å². The molecule has 1 aliphatic rings. The summed E-state index contributed by atoms with van der Waals surface area (Å²) in [5.74, 6) is -0.167. The Labute approximate surface area is 202 Å². The summed E-state index contributed by atoms with van der Waals surface area (Å²) in [6, 6.07) is 23.1. The van der Waals surface area contributed by atoms with E-state index in [-0.39, 0.29) is 24.6 Å². The molecule has 3 aromatic carbocycles. The van der Waals surface area contributed by atoms with E-state index in [1.165, 1.54) is 22.5 Å². The molecule has 7 heteroatoms. The Morgan fingerprint density at radius 2 is 1.71 bits per heavy atom. The second kappa shape index (κ2) is 9.65. The van der Waals surface area contributed by atoms with Gasteiger partial charge in [0, 0.05) is 18.2 Å². The average molecular weight is 472 g/mol. The van der Waals surface area contributed by atoms with Gasteiger partial charge in [-0.1, -0.05) is 59.9 Å². The van der Waals surface area contributed by atoms with E-state index in [9.17, 15) is 9.59 Å². The van der Waals surface area contributed by atoms with Gasteiger partial charge in [0.25, 0.3) is 5.91 Å². The van der Waals surface area contributed by atoms with Crippen molar-refractivity contribution in [2.75, 3.05) is 11.9 Å². The molecule has 1 atom stereocenters. The number of thiazole rings is 1. The zero-order valence-electron chi connectivity index (χ0n) is 18.9. The molecule has 0 saturated carbocycles. The lowest BCUT2D eigenvalue weighted by Crippen LogP contribution is -2.41. The number of hydrogen-bond donors (Lipinski definition) is 1. The Morgan fingerprint density at radius 1 is 1.03 bits per heavy atom. The van der Waals surface area contributed by atoms with Gasteiger partial charge in [0.05, 0.1) is 10.2 Å². The number of rotatable bonds is 6. The van der Waals surface area contributed by atoms with Gasteiger partial charge in [-0.15, -0.1) is 0 Å². The number of carbonyl (C=O) groups excluding carboxylic acids is 2. The summed E-state index contributed by atoms with van der Waals surface area (Å²) in [4.78, 5) is 31.7. The highest BCUT2D eigenvalue weighted by atomic mass is 32.1. The molecule has 0 radical (unpaired) electrons. The fraction of sp³-hybridized carbons (Fsp3) is 0.222. The molecule has 5 rings (SSSR count). The summed E-state index contributed by atoms with van der Waals surface area (Å²) in [6.45, 7) is 2.84. The molecular weight excluding hydrogens is 446 g/mol. The predicted octanol–water partition coefficient (Wildman–Crippen LogP) is 5.67. The van der Waals surface area contributed by atoms with E-state index in [2.05, 4.69) is 22.4 Å². The SMILES string of the molecule is CCN(C(=O)OCc1ccccc1)[C@@H]1Cc2cc3nc(NC(=O)c4ccccc4)sc3cc2C1. The van der Waals surface area contributed by atoms with E-state index in [1.807, 2.05) is 60.4 Å². The molecule has 1 N–H and O–H groups in total. The maximum atomic E-state index is 12.8. The van der Waals surface area contributed by atoms with Crippen LogP contribution in [-0.2, 0) is 24.2 Å². The zero-order valence-corrected chi connectivity index (χ0v) is 19.7. The normalized spacial score (nSPS) is 14.6. The Balaban J connectivity index is 1.26. The first kappa shape index (κ1) is 22.1. The van der Waals surface area contributed by atoms with Crippen LogP contribution in [-0.4, -0.2) is 34.5 Å². The summed E-state index contributed by atoms with van der Waals surface area (Å²) >= 11 is 1.47. The zero-order chi connectivity index (χ0) is 23.5. The van der Waals surface area contributed by atoms with Crippen molar-refractivity contribution in [2.45, 2.75) is 32.4 Å². The number of likely N-dealkylation sites (N-methyl/N-ethyl adjacent to an activating group) is 1. The summed E-state index contributed by atoms with van der Waals surface area (Å²) in [7, 11) is 0. The van der Waals surface area contributed by atoms with Crippen molar-refractivity contribution in [1.82, 2.24) is 9.88 Å². The number of hydrogen-bond acceptors (Lipinski definition) is 5. The van der Waals surface area contributed by atoms with Crippen LogP contribution in [0.3, 0.4) is 0 Å². The van der Waals surface area contributed by atoms with E-state index in [0.717, 1.165) is 28.6 Å². The number of aromatic nitrogens is 1. The van der Waals surface area contributed by atoms with Crippen molar-refractivity contribution < 1.29 is 14.3 Å². The van der Waals surface area contributed by atoms with Crippen LogP contribution in [0.5, 0.6) is 0 Å². The fourth-order valence-corrected chi connectivity index (χ4v) is 5.30. The van der Waals surface area contributed by atoms with Gasteiger partial charge in [-0.2, -0.15) is 0 Å². The van der Waals surface area contributed by atoms with Gasteiger partial charge in [-0.3, -0.25) is 10.1 Å². The van der Waals surface area contributed by atoms with Crippen LogP contribution < -0.4 is 5.32 Å². The van der Waals surface area contributed by atoms with Crippen molar-refractivity contribution in [3.63, 3.8) is 0 Å². The molecule has 0 unspecified atom stereocenters. The van der Waals surface area contributed by atoms with Crippen molar-refractivity contribution in [1.29, 1.82) is 0 Å². The molecule has 2 amide bonds. The molecule has 4 aromatic rings. The van der Waals surface area contributed by atoms with Crippen LogP contribution in [0.2, 0.25) is 0 Å². The van der Waals surface area contributed by atoms with Crippen LogP contribution in [0.15, 0.2) is 72.8 Å². The Hall–Kier alpha value is -3.71. The number of ether oxygens (including phenoxy) is 1. The largest absolute Gasteiger partial charge is 0.445 e. The second-order valence-corrected chi connectivity index (χ2v) is 9.35. The van der Waals surface area contributed by atoms with E-state index in [4.69, 9.17) is 4.74 Å². The second-order valence-electron chi connectivity index (χ2n) is 8.32. The number of nitrogens with zero attached hydrogens (tertiary/aromatic N) is 2. The van der Waals surface area contributed by atoms with E-state index in [1.54, 1.807) is 12.1 Å². The first-order chi connectivity index (χ1) is 16.6. The van der Waals surface area contributed by atoms with E-state index >= 15 is 0 Å². The molecule has 1 aromatic heterocycles. The Kier molecular flexibility index (Phi) is 6.27. The summed E-state index contributed by atoms with van der Waals surface area (Å²) in [5, 5.41) is 3.49. The molecular formula is C27H25N3O3S. The number of fused-ring (bicyclic) bond motifs is 2. The molecule has 0 spiro atoms. The highest BCUT2D eigenvalue weighted by Gasteiger charge is 2.30. The molecule has 6 nitrogen and oxygen atoms in total. The molecule has 0 saturated heterocycles. The van der Waals surface area contributed by atoms with E-state index in [0.29, 0.717) is 17.2 Å². The van der Waals surface area contributed by atoms with Crippen LogP contribution in [0.4, 0.5) is 9.93 Å². The summed E-state index contributed by atoms with van der Waals surface area (Å²) in [6.07, 6.45) is 1.27. The molecule has 1 heterocycles. The van der Waals surface area contributed by atoms with Crippen molar-refractivity contribution >= 4 is 38.7 Å². The summed E-state index contributed by atoms with van der Waals surface area (Å²) < 4.78 is 6.61. The minimum Gasteiger partial charge on any atom is -0.445 e. The molecule has 0 fully saturated rings. The van der Waals surface area contributed by atoms with Crippen molar-refractivity contribution in [3.05, 3.63) is 95.1 Å². The van der Waals surface area contributed by atoms with Crippen LogP contribution in [0, 0.1) is 0 Å². The maximum absolute atomic E-state index is 12.8. The fourth-order valence-electron chi connectivity index (χ4n) is 4.39. The standard InChI is InChI=1S/C27H25N3O3S/c1-2-30(27(32)33-17-18-9-5-3-6-10-18)22-13-20-15-23-24(16-21(20)14-22)34-26(28-23)29-25(31)19-11-7-4-8-12-19/h3-12,15-16,22H,2,13-14,17H2,1H3,(H,28,29,31)/t22-/m1/s1. The molecule has 0 bridgehead atoms. The molecule has 1 aliphatic carbocycles. The van der Waals surface area contributed by atoms with Gasteiger partial charge >= 0.3 is 6.09 Å². The molecule has 0 aliphatic heterocycles. The average Bonchev–Trinajstić information content (AvgIpc) is 3.45. The first-order valence-corrected chi connectivity index (χ1v) is 12.2. The molecule has 34 heavy (non-hydrogen) atoms. The third-order valence-electron chi connectivity index (χ3n) is 6.10. The van der Waals surface area contributed by atoms with Gasteiger partial charge in [-0.05, 0) is 60.7 Å². The van der Waals surface area contributed by atoms with Gasteiger partial charge in [-0.25, -0.2) is 9.78 Å². The van der Waals surface area contributed by atoms with Gasteiger partial charge in [0.2, 0.25) is 0 Å². The number of amides is 2. The highest BCUT2D eigenvalue weighted by Crippen LogP contribution is 2.34. The van der Waals surface area contributed by atoms with Crippen molar-refractivity contribution in [3.8, 4) is 0 Å². The van der Waals surface area contributed by atoms with Crippen LogP contribution in [0.25, 0.3) is 10.2 Å². The third kappa shape index (κ3) is 4.65. The monoisotopic (exact) mass is 471 g/mol. The smallest absolute Gasteiger partial charge is 0.410 e. The van der Waals surface area contributed by atoms with Crippen LogP contribution >= 0.6 is 11.3 Å². The van der Waals surface area contributed by atoms with Gasteiger partial charge in [0.15, 0.2) is 5.13 Å². The number of nitrogens with one attached hydrogen (secondary N) is 1. The number of carbonyl (C=O) groups is 2. The van der Waals surface area contributed by atoms with Crippen LogP contribution in [0.1, 0.15) is 34.0 Å². The third-order valence-corrected chi connectivity index (χ3v) is 7.03. The summed E-state index contributed by atoms with van der Waals surface area (Å²) in [5.41, 5.74) is 4.85. The van der Waals surface area contributed by atoms with Gasteiger partial charge < -0.3 is 9.64 Å². The quantitative estimate of drug-likeness (QED) is 0.393. The molecule has 172 valence electrons. The minimum absolute atomic E-state index is 0.0667. The van der Waals surface area contributed by atoms with Gasteiger partial charge in [0.1, 0.15) is 6.61 Å². The van der Waals surface area contributed by atoms with E-state index < -0.39 is 0 Å². The first-order valence-electron chi connectivity index (χ1n) is 11.4. The maximum Gasteiger partial charge on any atom is 0.410 e. The minimum atomic E-state index is -0.282. The lowest BCUT2D eigenvalue weighted by Gasteiger charge is -2.26. The van der Waals surface area contributed by atoms with Crippen molar-refractivity contribution in [2.24, 2.45) is 0 Å². The Morgan fingerprint density at radius 3 is 2.41 bits per heavy atom. The Bertz CT molecular complexity index is 1280. The highest BCUT2D eigenvalue weighted by molar-refractivity contribution is 7.22. The lowest BCUT2D eigenvalue weighted by molar-refractivity contribution is 0.0839. The number of benzene rings is 3. The number of anilines is 1.